The first-order valence-electron chi connectivity index (χ1n) is 5.64. The fourth-order valence-corrected chi connectivity index (χ4v) is 2.50. The molecule has 1 unspecified atom stereocenters. The SMILES string of the molecule is Cc1cc(Br)cc(C(=O)NCC(C)CCCl)c1. The number of carbonyl (C=O) groups is 1. The highest BCUT2D eigenvalue weighted by atomic mass is 79.9. The fourth-order valence-electron chi connectivity index (χ4n) is 1.52. The molecule has 0 saturated carbocycles. The number of hydrogen-bond donors (Lipinski definition) is 1. The minimum Gasteiger partial charge on any atom is -0.352 e. The number of rotatable bonds is 5. The van der Waals surface area contributed by atoms with Gasteiger partial charge in [-0.15, -0.1) is 11.6 Å². The molecule has 4 heteroatoms. The summed E-state index contributed by atoms with van der Waals surface area (Å²) in [7, 11) is 0. The zero-order chi connectivity index (χ0) is 12.8. The molecule has 1 amide bonds. The Morgan fingerprint density at radius 3 is 2.76 bits per heavy atom. The molecule has 94 valence electrons. The van der Waals surface area contributed by atoms with Gasteiger partial charge in [-0.3, -0.25) is 4.79 Å². The third-order valence-corrected chi connectivity index (χ3v) is 3.19. The molecule has 0 spiro atoms. The van der Waals surface area contributed by atoms with Gasteiger partial charge in [0.1, 0.15) is 0 Å². The molecule has 0 aliphatic heterocycles. The lowest BCUT2D eigenvalue weighted by Crippen LogP contribution is -2.28. The van der Waals surface area contributed by atoms with E-state index in [4.69, 9.17) is 11.6 Å². The van der Waals surface area contributed by atoms with E-state index in [0.717, 1.165) is 16.5 Å². The van der Waals surface area contributed by atoms with Crippen LogP contribution in [0.3, 0.4) is 0 Å². The highest BCUT2D eigenvalue weighted by molar-refractivity contribution is 9.10. The summed E-state index contributed by atoms with van der Waals surface area (Å²) >= 11 is 9.04. The molecule has 0 aliphatic carbocycles. The van der Waals surface area contributed by atoms with Crippen LogP contribution in [0.1, 0.15) is 29.3 Å². The summed E-state index contributed by atoms with van der Waals surface area (Å²) in [6.45, 7) is 4.71. The molecule has 1 atom stereocenters. The van der Waals surface area contributed by atoms with Crippen LogP contribution in [0.2, 0.25) is 0 Å². The second-order valence-corrected chi connectivity index (χ2v) is 5.60. The largest absolute Gasteiger partial charge is 0.352 e. The second kappa shape index (κ2) is 7.02. The van der Waals surface area contributed by atoms with Crippen LogP contribution in [-0.2, 0) is 0 Å². The van der Waals surface area contributed by atoms with E-state index in [0.29, 0.717) is 23.9 Å². The first-order valence-corrected chi connectivity index (χ1v) is 6.97. The van der Waals surface area contributed by atoms with Crippen molar-refractivity contribution in [1.29, 1.82) is 0 Å². The van der Waals surface area contributed by atoms with E-state index in [1.807, 2.05) is 25.1 Å². The van der Waals surface area contributed by atoms with Crippen LogP contribution < -0.4 is 5.32 Å². The Balaban J connectivity index is 2.58. The Morgan fingerprint density at radius 1 is 1.47 bits per heavy atom. The Kier molecular flexibility index (Phi) is 6.00. The van der Waals surface area contributed by atoms with Crippen molar-refractivity contribution in [3.63, 3.8) is 0 Å². The van der Waals surface area contributed by atoms with Crippen LogP contribution in [0, 0.1) is 12.8 Å². The molecule has 0 saturated heterocycles. The number of aryl methyl sites for hydroxylation is 1. The van der Waals surface area contributed by atoms with Crippen molar-refractivity contribution in [3.8, 4) is 0 Å². The van der Waals surface area contributed by atoms with Crippen molar-refractivity contribution in [2.75, 3.05) is 12.4 Å². The van der Waals surface area contributed by atoms with Gasteiger partial charge in [-0.05, 0) is 43.0 Å². The van der Waals surface area contributed by atoms with Crippen LogP contribution >= 0.6 is 27.5 Å². The topological polar surface area (TPSA) is 29.1 Å². The van der Waals surface area contributed by atoms with Crippen molar-refractivity contribution in [2.45, 2.75) is 20.3 Å². The van der Waals surface area contributed by atoms with Crippen molar-refractivity contribution in [3.05, 3.63) is 33.8 Å². The van der Waals surface area contributed by atoms with E-state index >= 15 is 0 Å². The summed E-state index contributed by atoms with van der Waals surface area (Å²) in [5, 5.41) is 2.92. The highest BCUT2D eigenvalue weighted by Crippen LogP contribution is 2.15. The van der Waals surface area contributed by atoms with Crippen LogP contribution in [0.25, 0.3) is 0 Å². The van der Waals surface area contributed by atoms with Gasteiger partial charge >= 0.3 is 0 Å². The Bertz CT molecular complexity index is 375. The molecule has 2 nitrogen and oxygen atoms in total. The van der Waals surface area contributed by atoms with Crippen LogP contribution in [0.5, 0.6) is 0 Å². The first-order chi connectivity index (χ1) is 8.02. The van der Waals surface area contributed by atoms with Gasteiger partial charge in [-0.1, -0.05) is 22.9 Å². The number of nitrogens with one attached hydrogen (secondary N) is 1. The van der Waals surface area contributed by atoms with E-state index in [1.54, 1.807) is 0 Å². The molecule has 1 aromatic carbocycles. The third kappa shape index (κ3) is 5.09. The summed E-state index contributed by atoms with van der Waals surface area (Å²) in [6, 6.07) is 5.69. The summed E-state index contributed by atoms with van der Waals surface area (Å²) in [4.78, 5) is 11.9. The monoisotopic (exact) mass is 317 g/mol. The zero-order valence-corrected chi connectivity index (χ0v) is 12.4. The van der Waals surface area contributed by atoms with E-state index in [9.17, 15) is 4.79 Å². The molecule has 0 bridgehead atoms. The Labute approximate surface area is 116 Å². The number of alkyl halides is 1. The third-order valence-electron chi connectivity index (χ3n) is 2.52. The molecule has 0 aliphatic rings. The summed E-state index contributed by atoms with van der Waals surface area (Å²) < 4.78 is 0.927. The van der Waals surface area contributed by atoms with Gasteiger partial charge in [-0.2, -0.15) is 0 Å². The molecular weight excluding hydrogens is 302 g/mol. The van der Waals surface area contributed by atoms with Gasteiger partial charge in [0.15, 0.2) is 0 Å². The molecule has 1 rings (SSSR count). The van der Waals surface area contributed by atoms with E-state index in [1.165, 1.54) is 0 Å². The fraction of sp³-hybridized carbons (Fsp3) is 0.462. The first kappa shape index (κ1) is 14.5. The molecular formula is C13H17BrClNO. The molecule has 0 fully saturated rings. The number of benzene rings is 1. The number of halogens is 2. The predicted molar refractivity (Wildman–Crippen MR) is 75.7 cm³/mol. The van der Waals surface area contributed by atoms with Crippen LogP contribution in [0.15, 0.2) is 22.7 Å². The van der Waals surface area contributed by atoms with Crippen LogP contribution in [-0.4, -0.2) is 18.3 Å². The quantitative estimate of drug-likeness (QED) is 0.823. The summed E-state index contributed by atoms with van der Waals surface area (Å²) in [5.41, 5.74) is 1.76. The highest BCUT2D eigenvalue weighted by Gasteiger charge is 2.08. The van der Waals surface area contributed by atoms with Gasteiger partial charge in [-0.25, -0.2) is 0 Å². The Hall–Kier alpha value is -0.540. The maximum Gasteiger partial charge on any atom is 0.251 e. The standard InChI is InChI=1S/C13H17BrClNO/c1-9(3-4-15)8-16-13(17)11-5-10(2)6-12(14)7-11/h5-7,9H,3-4,8H2,1-2H3,(H,16,17). The lowest BCUT2D eigenvalue weighted by molar-refractivity contribution is 0.0947. The predicted octanol–water partition coefficient (Wildman–Crippen LogP) is 3.75. The molecule has 1 N–H and O–H groups in total. The normalized spacial score (nSPS) is 12.2. The maximum atomic E-state index is 11.9. The average Bonchev–Trinajstić information content (AvgIpc) is 2.25. The number of hydrogen-bond acceptors (Lipinski definition) is 1. The van der Waals surface area contributed by atoms with Crippen molar-refractivity contribution < 1.29 is 4.79 Å². The zero-order valence-electron chi connectivity index (χ0n) is 10.1. The van der Waals surface area contributed by atoms with Gasteiger partial charge in [0.25, 0.3) is 5.91 Å². The summed E-state index contributed by atoms with van der Waals surface area (Å²) in [5.74, 6) is 1.01. The van der Waals surface area contributed by atoms with Crippen molar-refractivity contribution in [1.82, 2.24) is 5.32 Å². The second-order valence-electron chi connectivity index (χ2n) is 4.31. The van der Waals surface area contributed by atoms with E-state index < -0.39 is 0 Å². The lowest BCUT2D eigenvalue weighted by Gasteiger charge is -2.11. The smallest absolute Gasteiger partial charge is 0.251 e. The molecule has 0 aromatic heterocycles. The molecule has 1 aromatic rings. The minimum absolute atomic E-state index is 0.0316. The van der Waals surface area contributed by atoms with E-state index in [2.05, 4.69) is 28.2 Å². The van der Waals surface area contributed by atoms with E-state index in [-0.39, 0.29) is 5.91 Å². The molecule has 17 heavy (non-hydrogen) atoms. The summed E-state index contributed by atoms with van der Waals surface area (Å²) in [6.07, 6.45) is 0.916. The van der Waals surface area contributed by atoms with Crippen LogP contribution in [0.4, 0.5) is 0 Å². The van der Waals surface area contributed by atoms with Gasteiger partial charge in [0.05, 0.1) is 0 Å². The van der Waals surface area contributed by atoms with Gasteiger partial charge < -0.3 is 5.32 Å². The number of carbonyl (C=O) groups excluding carboxylic acids is 1. The molecule has 0 radical (unpaired) electrons. The lowest BCUT2D eigenvalue weighted by atomic mass is 10.1. The average molecular weight is 319 g/mol. The van der Waals surface area contributed by atoms with Crippen molar-refractivity contribution in [2.24, 2.45) is 5.92 Å². The van der Waals surface area contributed by atoms with Crippen molar-refractivity contribution >= 4 is 33.4 Å². The van der Waals surface area contributed by atoms with Gasteiger partial charge in [0, 0.05) is 22.5 Å². The maximum absolute atomic E-state index is 11.9. The Morgan fingerprint density at radius 2 is 2.18 bits per heavy atom. The minimum atomic E-state index is -0.0316. The number of amides is 1. The van der Waals surface area contributed by atoms with Gasteiger partial charge in [0.2, 0.25) is 0 Å². The molecule has 0 heterocycles.